The van der Waals surface area contributed by atoms with Gasteiger partial charge in [-0.3, -0.25) is 8.75 Å². The number of nitrogens with two attached hydrogens (primary N) is 2. The van der Waals surface area contributed by atoms with Crippen molar-refractivity contribution in [2.24, 2.45) is 5.14 Å². The molecule has 15 heteroatoms. The molecule has 0 spiro atoms. The van der Waals surface area contributed by atoms with Crippen molar-refractivity contribution in [2.45, 2.75) is 101 Å². The van der Waals surface area contributed by atoms with E-state index in [2.05, 4.69) is 82.7 Å². The van der Waals surface area contributed by atoms with Crippen LogP contribution in [0, 0.1) is 0 Å². The van der Waals surface area contributed by atoms with Crippen molar-refractivity contribution in [3.05, 3.63) is 12.7 Å². The van der Waals surface area contributed by atoms with Crippen LogP contribution in [0.15, 0.2) is 12.7 Å². The highest BCUT2D eigenvalue weighted by atomic mass is 32.2. The van der Waals surface area contributed by atoms with Crippen molar-refractivity contribution in [1.29, 1.82) is 0 Å². The molecule has 5 N–H and O–H groups in total. The third-order valence-corrected chi connectivity index (χ3v) is 19.8. The first-order valence-corrected chi connectivity index (χ1v) is 19.6. The van der Waals surface area contributed by atoms with E-state index in [0.717, 1.165) is 0 Å². The Labute approximate surface area is 221 Å². The normalized spacial score (nSPS) is 26.2. The molecule has 37 heavy (non-hydrogen) atoms. The zero-order valence-electron chi connectivity index (χ0n) is 23.4. The van der Waals surface area contributed by atoms with Gasteiger partial charge in [0.05, 0.1) is 21.0 Å². The molecule has 3 rings (SSSR count). The number of nitrogen functional groups attached to an aromatic ring is 1. The molecular weight excluding hydrogens is 533 g/mol. The summed E-state index contributed by atoms with van der Waals surface area (Å²) < 4.78 is 43.5. The monoisotopic (exact) mass is 574 g/mol. The molecular formula is C22H42N6O6SSi2. The van der Waals surface area contributed by atoms with Gasteiger partial charge in [-0.2, -0.15) is 8.42 Å². The van der Waals surface area contributed by atoms with Gasteiger partial charge >= 0.3 is 10.3 Å². The van der Waals surface area contributed by atoms with Crippen LogP contribution < -0.4 is 10.9 Å². The van der Waals surface area contributed by atoms with Crippen LogP contribution in [-0.4, -0.2) is 73.5 Å². The lowest BCUT2D eigenvalue weighted by atomic mass is 10.1. The van der Waals surface area contributed by atoms with E-state index in [0.29, 0.717) is 11.2 Å². The number of anilines is 1. The van der Waals surface area contributed by atoms with Crippen LogP contribution in [0.2, 0.25) is 36.3 Å². The molecule has 3 heterocycles. The third-order valence-electron chi connectivity index (χ3n) is 8.59. The third kappa shape index (κ3) is 5.24. The number of fused-ring (bicyclic) bond motifs is 1. The first-order valence-electron chi connectivity index (χ1n) is 12.2. The second-order valence-corrected chi connectivity index (χ2v) is 24.4. The largest absolute Gasteiger partial charge is 0.408 e. The minimum absolute atomic E-state index is 0.195. The summed E-state index contributed by atoms with van der Waals surface area (Å²) in [5.74, 6) is 0.195. The van der Waals surface area contributed by atoms with Gasteiger partial charge in [-0.15, -0.1) is 0 Å². The Morgan fingerprint density at radius 3 is 2.22 bits per heavy atom. The molecule has 0 saturated carbocycles. The summed E-state index contributed by atoms with van der Waals surface area (Å²) in [6, 6.07) is 0. The molecule has 1 fully saturated rings. The number of hydrogen-bond donors (Lipinski definition) is 3. The van der Waals surface area contributed by atoms with E-state index in [4.69, 9.17) is 24.2 Å². The molecule has 0 radical (unpaired) electrons. The topological polar surface area (TPSA) is 178 Å². The fourth-order valence-corrected chi connectivity index (χ4v) is 9.04. The zero-order valence-corrected chi connectivity index (χ0v) is 26.3. The minimum Gasteiger partial charge on any atom is -0.408 e. The Kier molecular flexibility index (Phi) is 7.58. The summed E-state index contributed by atoms with van der Waals surface area (Å²) in [7, 11) is -9.57. The fraction of sp³-hybridized carbons (Fsp3) is 0.773. The quantitative estimate of drug-likeness (QED) is 0.416. The van der Waals surface area contributed by atoms with Crippen LogP contribution in [0.5, 0.6) is 0 Å². The van der Waals surface area contributed by atoms with Gasteiger partial charge in [0.15, 0.2) is 26.0 Å². The molecule has 1 aliphatic heterocycles. The number of rotatable bonds is 7. The molecule has 0 unspecified atom stereocenters. The smallest absolute Gasteiger partial charge is 0.333 e. The van der Waals surface area contributed by atoms with E-state index in [1.807, 2.05) is 0 Å². The second-order valence-electron chi connectivity index (χ2n) is 12.9. The van der Waals surface area contributed by atoms with Gasteiger partial charge in [0.2, 0.25) is 0 Å². The SMILES string of the molecule is CC(C)(C)[Si](C)(C)O[C@@H]1[C@@H](COS(N)(=O)=O)O[C@@H](n2cnc3c(N)ncnc32)[C@@]1(O)[Si](C)(C)C(C)(C)C. The summed E-state index contributed by atoms with van der Waals surface area (Å²) in [4.78, 5) is 12.7. The van der Waals surface area contributed by atoms with Crippen molar-refractivity contribution < 1.29 is 26.9 Å². The molecule has 210 valence electrons. The highest BCUT2D eigenvalue weighted by Gasteiger charge is 2.69. The van der Waals surface area contributed by atoms with E-state index >= 15 is 0 Å². The van der Waals surface area contributed by atoms with E-state index in [-0.39, 0.29) is 15.9 Å². The molecule has 0 bridgehead atoms. The van der Waals surface area contributed by atoms with E-state index in [9.17, 15) is 13.5 Å². The van der Waals surface area contributed by atoms with Gasteiger partial charge in [-0.25, -0.2) is 20.1 Å². The van der Waals surface area contributed by atoms with E-state index in [1.54, 1.807) is 4.57 Å². The van der Waals surface area contributed by atoms with Gasteiger partial charge in [0.1, 0.15) is 29.3 Å². The molecule has 2 aromatic heterocycles. The summed E-state index contributed by atoms with van der Waals surface area (Å²) in [5.41, 5.74) is 6.78. The Bertz CT molecular complexity index is 1260. The molecule has 0 aromatic carbocycles. The predicted octanol–water partition coefficient (Wildman–Crippen LogP) is 2.70. The average molecular weight is 575 g/mol. The molecule has 1 aliphatic rings. The van der Waals surface area contributed by atoms with Crippen LogP contribution in [0.1, 0.15) is 47.8 Å². The molecule has 12 nitrogen and oxygen atoms in total. The predicted molar refractivity (Wildman–Crippen MR) is 147 cm³/mol. The van der Waals surface area contributed by atoms with Gasteiger partial charge in [-0.1, -0.05) is 54.6 Å². The van der Waals surface area contributed by atoms with E-state index in [1.165, 1.54) is 12.7 Å². The Morgan fingerprint density at radius 1 is 1.11 bits per heavy atom. The van der Waals surface area contributed by atoms with Crippen LogP contribution in [0.3, 0.4) is 0 Å². The van der Waals surface area contributed by atoms with Gasteiger partial charge in [0.25, 0.3) is 0 Å². The second kappa shape index (κ2) is 9.32. The standard InChI is InChI=1S/C22H42N6O6SSi2/c1-20(2,3)36(7,8)22(29)16(34-37(9,10)21(4,5)6)14(11-32-35(24,30)31)33-19(22)28-13-27-15-17(23)25-12-26-18(15)28/h12-14,16,19,29H,11H2,1-10H3,(H2,23,25,26)(H2,24,30,31)/t14-,16-,19-,22+/m1/s1. The lowest BCUT2D eigenvalue weighted by Gasteiger charge is -2.53. The molecule has 0 aliphatic carbocycles. The average Bonchev–Trinajstić information content (AvgIpc) is 3.25. The summed E-state index contributed by atoms with van der Waals surface area (Å²) in [5, 5.41) is 16.0. The molecule has 0 amide bonds. The highest BCUT2D eigenvalue weighted by molar-refractivity contribution is 7.84. The maximum atomic E-state index is 13.0. The zero-order chi connectivity index (χ0) is 28.4. The number of imidazole rings is 1. The first-order chi connectivity index (χ1) is 16.5. The minimum atomic E-state index is -4.27. The number of nitrogens with zero attached hydrogens (tertiary/aromatic N) is 4. The molecule has 4 atom stereocenters. The van der Waals surface area contributed by atoms with Gasteiger partial charge in [0, 0.05) is 0 Å². The Hall–Kier alpha value is -1.47. The Balaban J connectivity index is 2.29. The van der Waals surface area contributed by atoms with Gasteiger partial charge < -0.3 is 20.0 Å². The van der Waals surface area contributed by atoms with E-state index < -0.39 is 57.0 Å². The van der Waals surface area contributed by atoms with Crippen LogP contribution in [0.25, 0.3) is 11.2 Å². The summed E-state index contributed by atoms with van der Waals surface area (Å²) in [6.07, 6.45) is -0.0611. The highest BCUT2D eigenvalue weighted by Crippen LogP contribution is 2.55. The molecule has 2 aromatic rings. The summed E-state index contributed by atoms with van der Waals surface area (Å²) >= 11 is 0. The number of ether oxygens (including phenoxy) is 1. The van der Waals surface area contributed by atoms with Crippen LogP contribution >= 0.6 is 0 Å². The fourth-order valence-electron chi connectivity index (χ4n) is 4.30. The lowest BCUT2D eigenvalue weighted by molar-refractivity contribution is -0.0653. The van der Waals surface area contributed by atoms with Crippen molar-refractivity contribution >= 4 is 43.7 Å². The van der Waals surface area contributed by atoms with Crippen LogP contribution in [-0.2, 0) is 23.7 Å². The molecule has 1 saturated heterocycles. The maximum Gasteiger partial charge on any atom is 0.333 e. The van der Waals surface area contributed by atoms with Crippen LogP contribution in [0.4, 0.5) is 5.82 Å². The summed E-state index contributed by atoms with van der Waals surface area (Å²) in [6.45, 7) is 20.4. The first kappa shape index (κ1) is 30.1. The van der Waals surface area contributed by atoms with Crippen molar-refractivity contribution in [2.75, 3.05) is 12.3 Å². The van der Waals surface area contributed by atoms with Gasteiger partial charge in [-0.05, 0) is 23.2 Å². The lowest BCUT2D eigenvalue weighted by Crippen LogP contribution is -2.69. The Morgan fingerprint density at radius 2 is 1.70 bits per heavy atom. The van der Waals surface area contributed by atoms with Crippen molar-refractivity contribution in [3.63, 3.8) is 0 Å². The number of aromatic nitrogens is 4. The number of aliphatic hydroxyl groups is 1. The van der Waals surface area contributed by atoms with Crippen molar-refractivity contribution in [3.8, 4) is 0 Å². The maximum absolute atomic E-state index is 13.0. The van der Waals surface area contributed by atoms with Crippen molar-refractivity contribution in [1.82, 2.24) is 19.5 Å². The number of hydrogen-bond acceptors (Lipinski definition) is 10.